The predicted octanol–water partition coefficient (Wildman–Crippen LogP) is 6.70. The minimum Gasteiger partial charge on any atom is -0.462 e. The number of ether oxygens (including phenoxy) is 1. The highest BCUT2D eigenvalue weighted by Gasteiger charge is 2.38. The summed E-state index contributed by atoms with van der Waals surface area (Å²) in [6.07, 6.45) is 14.1. The maximum atomic E-state index is 9.37. The van der Waals surface area contributed by atoms with Gasteiger partial charge in [0, 0.05) is 23.7 Å². The molecule has 3 aliphatic rings. The fourth-order valence-corrected chi connectivity index (χ4v) is 4.61. The van der Waals surface area contributed by atoms with Crippen molar-refractivity contribution in [3.63, 3.8) is 0 Å². The van der Waals surface area contributed by atoms with Crippen LogP contribution in [0.25, 0.3) is 4.85 Å². The summed E-state index contributed by atoms with van der Waals surface area (Å²) in [5.41, 5.74) is 3.79. The van der Waals surface area contributed by atoms with Crippen molar-refractivity contribution in [3.8, 4) is 6.07 Å². The summed E-state index contributed by atoms with van der Waals surface area (Å²) >= 11 is 0. The summed E-state index contributed by atoms with van der Waals surface area (Å²) in [6.45, 7) is 25.9. The van der Waals surface area contributed by atoms with Gasteiger partial charge >= 0.3 is 6.04 Å². The molecule has 0 bridgehead atoms. The first-order valence-electron chi connectivity index (χ1n) is 11.4. The summed E-state index contributed by atoms with van der Waals surface area (Å²) in [7, 11) is 0. The van der Waals surface area contributed by atoms with E-state index in [4.69, 9.17) is 11.3 Å². The molecule has 0 aromatic carbocycles. The van der Waals surface area contributed by atoms with Crippen LogP contribution in [0.5, 0.6) is 0 Å². The monoisotopic (exact) mass is 429 g/mol. The maximum absolute atomic E-state index is 9.37. The summed E-state index contributed by atoms with van der Waals surface area (Å²) in [6, 6.07) is 1.88. The lowest BCUT2D eigenvalue weighted by Gasteiger charge is -2.40. The molecule has 0 N–H and O–H groups in total. The number of hydrogen-bond donors (Lipinski definition) is 0. The van der Waals surface area contributed by atoms with Crippen molar-refractivity contribution in [2.45, 2.75) is 66.5 Å². The molecule has 3 unspecified atom stereocenters. The van der Waals surface area contributed by atoms with E-state index < -0.39 is 6.04 Å². The van der Waals surface area contributed by atoms with Gasteiger partial charge in [-0.15, -0.1) is 0 Å². The van der Waals surface area contributed by atoms with Gasteiger partial charge in [-0.1, -0.05) is 59.4 Å². The zero-order chi connectivity index (χ0) is 23.7. The third kappa shape index (κ3) is 4.76. The Balaban J connectivity index is 1.86. The second-order valence-corrected chi connectivity index (χ2v) is 10.7. The molecular weight excluding hydrogens is 394 g/mol. The van der Waals surface area contributed by atoms with E-state index in [9.17, 15) is 5.26 Å². The lowest BCUT2D eigenvalue weighted by Crippen LogP contribution is -2.36. The standard InChI is InChI=1S/C28H35N3O/c1-19-15-20(2)31-14-13-28(6,7)23(26(19)31)12-10-9-11-22-16-21(24(18-29)30-8)17-25(32-22)27(3,4)5/h9-12,16-17,20-21,24H,1,13-15H2,2-7H3/b11-9+,12-10+. The fraction of sp³-hybridized carbons (Fsp3) is 0.500. The van der Waals surface area contributed by atoms with Gasteiger partial charge in [-0.05, 0) is 54.6 Å². The first-order valence-corrected chi connectivity index (χ1v) is 11.4. The third-order valence-electron chi connectivity index (χ3n) is 6.60. The van der Waals surface area contributed by atoms with E-state index in [1.807, 2.05) is 24.3 Å². The molecule has 0 aromatic rings. The Morgan fingerprint density at radius 1 is 1.31 bits per heavy atom. The fourth-order valence-electron chi connectivity index (χ4n) is 4.61. The van der Waals surface area contributed by atoms with Crippen molar-refractivity contribution in [3.05, 3.63) is 82.8 Å². The molecular formula is C28H35N3O. The number of fused-ring (bicyclic) bond motifs is 1. The van der Waals surface area contributed by atoms with Crippen molar-refractivity contribution in [2.24, 2.45) is 16.7 Å². The molecule has 168 valence electrons. The minimum absolute atomic E-state index is 0.104. The average molecular weight is 430 g/mol. The molecule has 32 heavy (non-hydrogen) atoms. The Hall–Kier alpha value is -2.98. The number of rotatable bonds is 4. The normalized spacial score (nSPS) is 26.4. The Morgan fingerprint density at radius 2 is 2.00 bits per heavy atom. The van der Waals surface area contributed by atoms with E-state index in [1.165, 1.54) is 16.8 Å². The van der Waals surface area contributed by atoms with Gasteiger partial charge in [-0.25, -0.2) is 6.57 Å². The molecule has 3 aliphatic heterocycles. The molecule has 3 atom stereocenters. The highest BCUT2D eigenvalue weighted by molar-refractivity contribution is 5.47. The van der Waals surface area contributed by atoms with Crippen LogP contribution < -0.4 is 0 Å². The van der Waals surface area contributed by atoms with E-state index in [-0.39, 0.29) is 16.7 Å². The quantitative estimate of drug-likeness (QED) is 0.368. The molecule has 0 amide bonds. The first kappa shape index (κ1) is 23.7. The minimum atomic E-state index is -0.744. The Labute approximate surface area is 193 Å². The highest BCUT2D eigenvalue weighted by Crippen LogP contribution is 2.46. The number of nitrogens with zero attached hydrogens (tertiary/aromatic N) is 3. The van der Waals surface area contributed by atoms with Crippen molar-refractivity contribution in [1.82, 2.24) is 4.90 Å². The van der Waals surface area contributed by atoms with Crippen molar-refractivity contribution < 1.29 is 4.74 Å². The van der Waals surface area contributed by atoms with Crippen molar-refractivity contribution >= 4 is 0 Å². The van der Waals surface area contributed by atoms with Crippen LogP contribution in [-0.4, -0.2) is 23.5 Å². The van der Waals surface area contributed by atoms with E-state index in [2.05, 4.69) is 76.1 Å². The lowest BCUT2D eigenvalue weighted by atomic mass is 9.76. The second-order valence-electron chi connectivity index (χ2n) is 10.7. The van der Waals surface area contributed by atoms with Gasteiger partial charge < -0.3 is 9.64 Å². The number of nitriles is 1. The zero-order valence-electron chi connectivity index (χ0n) is 20.3. The van der Waals surface area contributed by atoms with E-state index in [0.29, 0.717) is 11.8 Å². The summed E-state index contributed by atoms with van der Waals surface area (Å²) in [4.78, 5) is 5.99. The predicted molar refractivity (Wildman–Crippen MR) is 130 cm³/mol. The molecule has 4 heteroatoms. The van der Waals surface area contributed by atoms with Crippen LogP contribution in [0.2, 0.25) is 0 Å². The number of hydrogen-bond acceptors (Lipinski definition) is 3. The molecule has 0 aliphatic carbocycles. The average Bonchev–Trinajstić information content (AvgIpc) is 2.99. The van der Waals surface area contributed by atoms with Gasteiger partial charge in [0.2, 0.25) is 0 Å². The molecule has 0 saturated carbocycles. The van der Waals surface area contributed by atoms with Crippen molar-refractivity contribution in [2.75, 3.05) is 6.54 Å². The van der Waals surface area contributed by atoms with Crippen LogP contribution in [-0.2, 0) is 4.74 Å². The molecule has 1 fully saturated rings. The summed E-state index contributed by atoms with van der Waals surface area (Å²) < 4.78 is 6.11. The molecule has 0 spiro atoms. The van der Waals surface area contributed by atoms with Gasteiger partial charge in [0.05, 0.1) is 5.92 Å². The lowest BCUT2D eigenvalue weighted by molar-refractivity contribution is 0.214. The van der Waals surface area contributed by atoms with Crippen LogP contribution in [0.15, 0.2) is 71.4 Å². The van der Waals surface area contributed by atoms with Gasteiger partial charge in [0.25, 0.3) is 0 Å². The molecule has 1 saturated heterocycles. The van der Waals surface area contributed by atoms with Gasteiger partial charge in [-0.2, -0.15) is 5.26 Å². The maximum Gasteiger partial charge on any atom is 0.316 e. The van der Waals surface area contributed by atoms with Crippen LogP contribution in [0.1, 0.15) is 54.4 Å². The van der Waals surface area contributed by atoms with Crippen molar-refractivity contribution in [1.29, 1.82) is 5.26 Å². The van der Waals surface area contributed by atoms with Gasteiger partial charge in [0.1, 0.15) is 11.5 Å². The zero-order valence-corrected chi connectivity index (χ0v) is 20.3. The Kier molecular flexibility index (Phi) is 6.56. The third-order valence-corrected chi connectivity index (χ3v) is 6.60. The van der Waals surface area contributed by atoms with Crippen LogP contribution in [0.4, 0.5) is 0 Å². The largest absolute Gasteiger partial charge is 0.462 e. The van der Waals surface area contributed by atoms with E-state index in [0.717, 1.165) is 25.1 Å². The van der Waals surface area contributed by atoms with E-state index in [1.54, 1.807) is 0 Å². The molecule has 3 heterocycles. The van der Waals surface area contributed by atoms with Gasteiger partial charge in [0.15, 0.2) is 6.07 Å². The van der Waals surface area contributed by atoms with E-state index >= 15 is 0 Å². The molecule has 0 radical (unpaired) electrons. The Morgan fingerprint density at radius 3 is 2.62 bits per heavy atom. The molecule has 3 rings (SSSR count). The molecule has 4 nitrogen and oxygen atoms in total. The van der Waals surface area contributed by atoms with Crippen LogP contribution in [0.3, 0.4) is 0 Å². The second kappa shape index (κ2) is 8.87. The van der Waals surface area contributed by atoms with Crippen LogP contribution >= 0.6 is 0 Å². The topological polar surface area (TPSA) is 40.6 Å². The smallest absolute Gasteiger partial charge is 0.316 e. The summed E-state index contributed by atoms with van der Waals surface area (Å²) in [5, 5.41) is 9.37. The Bertz CT molecular complexity index is 1000. The number of allylic oxidation sites excluding steroid dienone is 7. The first-order chi connectivity index (χ1) is 15.0. The SMILES string of the molecule is [C-]#[N+]C(C#N)C1C=C(/C=C/C=C/C2=C3C(=C)CC(C)N3CCC2(C)C)OC(C(C)(C)C)=C1. The highest BCUT2D eigenvalue weighted by atomic mass is 16.5. The van der Waals surface area contributed by atoms with Gasteiger partial charge in [-0.3, -0.25) is 4.85 Å². The molecule has 0 aromatic heterocycles. The summed E-state index contributed by atoms with van der Waals surface area (Å²) in [5.74, 6) is 1.20. The van der Waals surface area contributed by atoms with Crippen LogP contribution in [0, 0.1) is 34.7 Å².